The Labute approximate surface area is 220 Å². The first-order valence-electron chi connectivity index (χ1n) is 12.6. The first-order valence-corrected chi connectivity index (χ1v) is 12.6. The molecule has 0 saturated carbocycles. The number of methoxy groups -OCH3 is 1. The van der Waals surface area contributed by atoms with Crippen molar-refractivity contribution in [1.82, 2.24) is 4.90 Å². The SMILES string of the molecule is C=CCN(Cc1ccccc1)[C@@H](Cc1ccccc1)C(=O)N(Cc1ccccc1)c1ccc(OC)cc1. The molecule has 4 rings (SSSR count). The molecule has 0 bridgehead atoms. The van der Waals surface area contributed by atoms with Crippen LogP contribution in [0.2, 0.25) is 0 Å². The number of carbonyl (C=O) groups excluding carboxylic acids is 1. The number of hydrogen-bond donors (Lipinski definition) is 0. The van der Waals surface area contributed by atoms with Crippen molar-refractivity contribution in [3.8, 4) is 5.75 Å². The summed E-state index contributed by atoms with van der Waals surface area (Å²) in [6.07, 6.45) is 2.48. The van der Waals surface area contributed by atoms with Crippen LogP contribution < -0.4 is 9.64 Å². The van der Waals surface area contributed by atoms with Crippen molar-refractivity contribution in [3.63, 3.8) is 0 Å². The number of ether oxygens (including phenoxy) is 1. The first-order chi connectivity index (χ1) is 18.2. The van der Waals surface area contributed by atoms with E-state index in [1.54, 1.807) is 7.11 Å². The van der Waals surface area contributed by atoms with E-state index in [-0.39, 0.29) is 11.9 Å². The summed E-state index contributed by atoms with van der Waals surface area (Å²) in [6.45, 7) is 5.72. The van der Waals surface area contributed by atoms with Gasteiger partial charge in [0.15, 0.2) is 0 Å². The van der Waals surface area contributed by atoms with E-state index in [0.717, 1.165) is 28.1 Å². The van der Waals surface area contributed by atoms with Crippen molar-refractivity contribution in [2.75, 3.05) is 18.6 Å². The summed E-state index contributed by atoms with van der Waals surface area (Å²) < 4.78 is 5.37. The molecule has 4 heteroatoms. The summed E-state index contributed by atoms with van der Waals surface area (Å²) >= 11 is 0. The summed E-state index contributed by atoms with van der Waals surface area (Å²) in [5, 5.41) is 0. The Morgan fingerprint density at radius 2 is 1.27 bits per heavy atom. The molecule has 0 aromatic heterocycles. The Bertz CT molecular complexity index is 1240. The van der Waals surface area contributed by atoms with Crippen LogP contribution >= 0.6 is 0 Å². The van der Waals surface area contributed by atoms with Gasteiger partial charge < -0.3 is 9.64 Å². The molecule has 0 N–H and O–H groups in total. The van der Waals surface area contributed by atoms with Gasteiger partial charge in [0.2, 0.25) is 5.91 Å². The normalized spacial score (nSPS) is 11.6. The zero-order valence-corrected chi connectivity index (χ0v) is 21.4. The highest BCUT2D eigenvalue weighted by Crippen LogP contribution is 2.25. The number of carbonyl (C=O) groups is 1. The van der Waals surface area contributed by atoms with Crippen LogP contribution in [0.15, 0.2) is 128 Å². The van der Waals surface area contributed by atoms with Crippen molar-refractivity contribution < 1.29 is 9.53 Å². The molecule has 0 fully saturated rings. The molecule has 1 atom stereocenters. The molecule has 37 heavy (non-hydrogen) atoms. The minimum Gasteiger partial charge on any atom is -0.497 e. The molecule has 4 aromatic carbocycles. The van der Waals surface area contributed by atoms with E-state index < -0.39 is 0 Å². The maximum absolute atomic E-state index is 14.5. The smallest absolute Gasteiger partial charge is 0.245 e. The topological polar surface area (TPSA) is 32.8 Å². The third-order valence-corrected chi connectivity index (χ3v) is 6.42. The Balaban J connectivity index is 1.73. The molecule has 0 spiro atoms. The fraction of sp³-hybridized carbons (Fsp3) is 0.182. The van der Waals surface area contributed by atoms with Crippen molar-refractivity contribution in [2.45, 2.75) is 25.6 Å². The summed E-state index contributed by atoms with van der Waals surface area (Å²) in [5.74, 6) is 0.810. The fourth-order valence-corrected chi connectivity index (χ4v) is 4.50. The van der Waals surface area contributed by atoms with Crippen molar-refractivity contribution in [3.05, 3.63) is 145 Å². The molecule has 0 heterocycles. The maximum atomic E-state index is 14.5. The van der Waals surface area contributed by atoms with Crippen molar-refractivity contribution in [1.29, 1.82) is 0 Å². The number of rotatable bonds is 12. The minimum atomic E-state index is -0.383. The van der Waals surface area contributed by atoms with E-state index in [9.17, 15) is 4.79 Å². The summed E-state index contributed by atoms with van der Waals surface area (Å²) in [6, 6.07) is 38.0. The second kappa shape index (κ2) is 13.2. The van der Waals surface area contributed by atoms with Gasteiger partial charge >= 0.3 is 0 Å². The van der Waals surface area contributed by atoms with Gasteiger partial charge in [0.05, 0.1) is 19.7 Å². The number of nitrogens with zero attached hydrogens (tertiary/aromatic N) is 2. The lowest BCUT2D eigenvalue weighted by Gasteiger charge is -2.35. The lowest BCUT2D eigenvalue weighted by atomic mass is 10.0. The average molecular weight is 491 g/mol. The van der Waals surface area contributed by atoms with E-state index in [1.165, 1.54) is 0 Å². The summed E-state index contributed by atoms with van der Waals surface area (Å²) in [4.78, 5) is 18.6. The number of benzene rings is 4. The van der Waals surface area contributed by atoms with Gasteiger partial charge in [-0.2, -0.15) is 0 Å². The van der Waals surface area contributed by atoms with E-state index >= 15 is 0 Å². The summed E-state index contributed by atoms with van der Waals surface area (Å²) in [5.41, 5.74) is 4.20. The Hall–Kier alpha value is -4.15. The van der Waals surface area contributed by atoms with Crippen molar-refractivity contribution in [2.24, 2.45) is 0 Å². The van der Waals surface area contributed by atoms with Gasteiger partial charge in [-0.1, -0.05) is 97.1 Å². The van der Waals surface area contributed by atoms with Crippen LogP contribution in [0.1, 0.15) is 16.7 Å². The third-order valence-electron chi connectivity index (χ3n) is 6.42. The second-order valence-electron chi connectivity index (χ2n) is 9.02. The Kier molecular flexibility index (Phi) is 9.28. The maximum Gasteiger partial charge on any atom is 0.245 e. The summed E-state index contributed by atoms with van der Waals surface area (Å²) in [7, 11) is 1.65. The number of amides is 1. The van der Waals surface area contributed by atoms with Gasteiger partial charge in [-0.25, -0.2) is 0 Å². The van der Waals surface area contributed by atoms with Gasteiger partial charge in [-0.15, -0.1) is 6.58 Å². The number of hydrogen-bond acceptors (Lipinski definition) is 3. The van der Waals surface area contributed by atoms with Gasteiger partial charge in [0.1, 0.15) is 5.75 Å². The van der Waals surface area contributed by atoms with Gasteiger partial charge in [0, 0.05) is 18.8 Å². The van der Waals surface area contributed by atoms with Gasteiger partial charge in [-0.05, 0) is 47.4 Å². The zero-order chi connectivity index (χ0) is 25.9. The largest absolute Gasteiger partial charge is 0.497 e. The monoisotopic (exact) mass is 490 g/mol. The minimum absolute atomic E-state index is 0.0515. The molecule has 0 aliphatic rings. The lowest BCUT2D eigenvalue weighted by molar-refractivity contribution is -0.124. The van der Waals surface area contributed by atoms with Crippen LogP contribution in [-0.2, 0) is 24.3 Å². The Morgan fingerprint density at radius 1 is 0.757 bits per heavy atom. The van der Waals surface area contributed by atoms with Crippen LogP contribution in [0.5, 0.6) is 5.75 Å². The fourth-order valence-electron chi connectivity index (χ4n) is 4.50. The van der Waals surface area contributed by atoms with Crippen LogP contribution in [0.25, 0.3) is 0 Å². The number of anilines is 1. The van der Waals surface area contributed by atoms with E-state index in [4.69, 9.17) is 4.74 Å². The van der Waals surface area contributed by atoms with Crippen molar-refractivity contribution >= 4 is 11.6 Å². The molecular weight excluding hydrogens is 456 g/mol. The molecule has 0 radical (unpaired) electrons. The quantitative estimate of drug-likeness (QED) is 0.212. The zero-order valence-electron chi connectivity index (χ0n) is 21.4. The van der Waals surface area contributed by atoms with Gasteiger partial charge in [-0.3, -0.25) is 9.69 Å². The standard InChI is InChI=1S/C33H34N2O2/c1-3-23-34(25-28-15-9-5-10-16-28)32(24-27-13-7-4-8-14-27)33(36)35(26-29-17-11-6-12-18-29)30-19-21-31(37-2)22-20-30/h3-22,32H,1,23-26H2,2H3/t32-/m0/s1. The molecule has 4 aromatic rings. The molecule has 0 saturated heterocycles. The highest BCUT2D eigenvalue weighted by atomic mass is 16.5. The molecular formula is C33H34N2O2. The lowest BCUT2D eigenvalue weighted by Crippen LogP contribution is -2.49. The molecule has 188 valence electrons. The van der Waals surface area contributed by atoms with E-state index in [0.29, 0.717) is 26.1 Å². The Morgan fingerprint density at radius 3 is 1.78 bits per heavy atom. The first kappa shape index (κ1) is 25.9. The second-order valence-corrected chi connectivity index (χ2v) is 9.02. The predicted octanol–water partition coefficient (Wildman–Crippen LogP) is 6.53. The third kappa shape index (κ3) is 7.18. The molecule has 1 amide bonds. The van der Waals surface area contributed by atoms with Crippen LogP contribution in [0, 0.1) is 0 Å². The molecule has 0 unspecified atom stereocenters. The van der Waals surface area contributed by atoms with Crippen LogP contribution in [0.3, 0.4) is 0 Å². The highest BCUT2D eigenvalue weighted by molar-refractivity contribution is 5.97. The van der Waals surface area contributed by atoms with E-state index in [1.807, 2.05) is 89.8 Å². The molecule has 0 aliphatic carbocycles. The van der Waals surface area contributed by atoms with Gasteiger partial charge in [0.25, 0.3) is 0 Å². The average Bonchev–Trinajstić information content (AvgIpc) is 2.96. The van der Waals surface area contributed by atoms with E-state index in [2.05, 4.69) is 47.9 Å². The predicted molar refractivity (Wildman–Crippen MR) is 152 cm³/mol. The van der Waals surface area contributed by atoms with Crippen LogP contribution in [0.4, 0.5) is 5.69 Å². The molecule has 0 aliphatic heterocycles. The van der Waals surface area contributed by atoms with Crippen LogP contribution in [-0.4, -0.2) is 30.5 Å². The molecule has 4 nitrogen and oxygen atoms in total. The highest BCUT2D eigenvalue weighted by Gasteiger charge is 2.31.